The van der Waals surface area contributed by atoms with E-state index in [1.165, 1.54) is 0 Å². The molecular formula is C23H20N2O2S2. The van der Waals surface area contributed by atoms with Crippen LogP contribution < -0.4 is 5.32 Å². The number of nitrogens with zero attached hydrogens (tertiary/aromatic N) is 1. The Hall–Kier alpha value is -2.88. The summed E-state index contributed by atoms with van der Waals surface area (Å²) in [6.45, 7) is 0. The summed E-state index contributed by atoms with van der Waals surface area (Å²) in [4.78, 5) is 14.1. The molecule has 1 unspecified atom stereocenters. The fraction of sp³-hybridized carbons (Fsp3) is 0.130. The predicted molar refractivity (Wildman–Crippen MR) is 118 cm³/mol. The number of anilines is 1. The van der Waals surface area contributed by atoms with Gasteiger partial charge in [-0.3, -0.25) is 9.00 Å². The van der Waals surface area contributed by atoms with Gasteiger partial charge < -0.3 is 5.32 Å². The lowest BCUT2D eigenvalue weighted by Crippen LogP contribution is -2.12. The SMILES string of the molecule is N#Cc1ccc(SCCC(=O)Nc2cccc(CS(=O)c3ccccc3)c2)cc1. The summed E-state index contributed by atoms with van der Waals surface area (Å²) in [6, 6.07) is 26.2. The number of thioether (sulfide) groups is 1. The third-order valence-corrected chi connectivity index (χ3v) is 6.50. The van der Waals surface area contributed by atoms with E-state index >= 15 is 0 Å². The Morgan fingerprint density at radius 3 is 2.48 bits per heavy atom. The van der Waals surface area contributed by atoms with Gasteiger partial charge in [0.1, 0.15) is 0 Å². The first kappa shape index (κ1) is 20.8. The van der Waals surface area contributed by atoms with Crippen LogP contribution >= 0.6 is 11.8 Å². The van der Waals surface area contributed by atoms with E-state index in [4.69, 9.17) is 5.26 Å². The van der Waals surface area contributed by atoms with E-state index in [-0.39, 0.29) is 5.91 Å². The van der Waals surface area contributed by atoms with Crippen molar-refractivity contribution in [1.29, 1.82) is 5.26 Å². The summed E-state index contributed by atoms with van der Waals surface area (Å²) in [5.41, 5.74) is 2.25. The van der Waals surface area contributed by atoms with Crippen molar-refractivity contribution in [3.05, 3.63) is 90.0 Å². The summed E-state index contributed by atoms with van der Waals surface area (Å²) in [6.07, 6.45) is 0.380. The van der Waals surface area contributed by atoms with Gasteiger partial charge in [0, 0.05) is 27.7 Å². The van der Waals surface area contributed by atoms with Crippen LogP contribution in [0.25, 0.3) is 0 Å². The average molecular weight is 421 g/mol. The molecule has 0 heterocycles. The largest absolute Gasteiger partial charge is 0.326 e. The maximum Gasteiger partial charge on any atom is 0.225 e. The molecule has 1 amide bonds. The Labute approximate surface area is 177 Å². The van der Waals surface area contributed by atoms with E-state index in [0.717, 1.165) is 15.4 Å². The number of nitriles is 1. The average Bonchev–Trinajstić information content (AvgIpc) is 2.75. The minimum atomic E-state index is -1.12. The first-order valence-electron chi connectivity index (χ1n) is 9.09. The van der Waals surface area contributed by atoms with Gasteiger partial charge in [0.05, 0.1) is 28.2 Å². The van der Waals surface area contributed by atoms with E-state index in [9.17, 15) is 9.00 Å². The van der Waals surface area contributed by atoms with Crippen molar-refractivity contribution in [3.8, 4) is 6.07 Å². The van der Waals surface area contributed by atoms with Gasteiger partial charge in [-0.05, 0) is 54.1 Å². The molecule has 146 valence electrons. The van der Waals surface area contributed by atoms with Crippen molar-refractivity contribution in [2.24, 2.45) is 0 Å². The molecule has 0 saturated carbocycles. The summed E-state index contributed by atoms with van der Waals surface area (Å²) < 4.78 is 12.5. The van der Waals surface area contributed by atoms with Gasteiger partial charge in [-0.1, -0.05) is 30.3 Å². The smallest absolute Gasteiger partial charge is 0.225 e. The molecule has 6 heteroatoms. The normalized spacial score (nSPS) is 11.4. The lowest BCUT2D eigenvalue weighted by molar-refractivity contribution is -0.115. The number of amides is 1. The highest BCUT2D eigenvalue weighted by molar-refractivity contribution is 7.99. The summed E-state index contributed by atoms with van der Waals surface area (Å²) >= 11 is 1.58. The molecule has 0 spiro atoms. The van der Waals surface area contributed by atoms with Gasteiger partial charge >= 0.3 is 0 Å². The second-order valence-electron chi connectivity index (χ2n) is 6.29. The highest BCUT2D eigenvalue weighted by atomic mass is 32.2. The molecule has 0 aromatic heterocycles. The lowest BCUT2D eigenvalue weighted by Gasteiger charge is -2.08. The molecule has 1 atom stereocenters. The molecular weight excluding hydrogens is 400 g/mol. The maximum atomic E-state index is 12.5. The Morgan fingerprint density at radius 2 is 1.76 bits per heavy atom. The Balaban J connectivity index is 1.49. The molecule has 0 radical (unpaired) electrons. The monoisotopic (exact) mass is 420 g/mol. The van der Waals surface area contributed by atoms with E-state index in [1.54, 1.807) is 23.9 Å². The number of rotatable bonds is 8. The van der Waals surface area contributed by atoms with Crippen molar-refractivity contribution in [3.63, 3.8) is 0 Å². The van der Waals surface area contributed by atoms with Gasteiger partial charge in [0.2, 0.25) is 5.91 Å². The van der Waals surface area contributed by atoms with Crippen molar-refractivity contribution in [1.82, 2.24) is 0 Å². The Morgan fingerprint density at radius 1 is 1.00 bits per heavy atom. The second kappa shape index (κ2) is 10.6. The number of carbonyl (C=O) groups excluding carboxylic acids is 1. The Bertz CT molecular complexity index is 1030. The minimum Gasteiger partial charge on any atom is -0.326 e. The number of carbonyl (C=O) groups is 1. The molecule has 4 nitrogen and oxygen atoms in total. The lowest BCUT2D eigenvalue weighted by atomic mass is 10.2. The van der Waals surface area contributed by atoms with Gasteiger partial charge in [-0.15, -0.1) is 11.8 Å². The molecule has 0 aliphatic heterocycles. The van der Waals surface area contributed by atoms with E-state index in [1.807, 2.05) is 66.7 Å². The molecule has 0 aliphatic rings. The van der Waals surface area contributed by atoms with Crippen LogP contribution in [0, 0.1) is 11.3 Å². The van der Waals surface area contributed by atoms with Gasteiger partial charge in [-0.2, -0.15) is 5.26 Å². The van der Waals surface area contributed by atoms with E-state index in [0.29, 0.717) is 29.2 Å². The molecule has 3 aromatic rings. The molecule has 0 saturated heterocycles. The van der Waals surface area contributed by atoms with Crippen molar-refractivity contribution in [2.45, 2.75) is 22.0 Å². The van der Waals surface area contributed by atoms with Gasteiger partial charge in [-0.25, -0.2) is 0 Å². The fourth-order valence-electron chi connectivity index (χ4n) is 2.66. The first-order valence-corrected chi connectivity index (χ1v) is 11.4. The van der Waals surface area contributed by atoms with Crippen LogP contribution in [-0.2, 0) is 21.3 Å². The van der Waals surface area contributed by atoms with Gasteiger partial charge in [0.25, 0.3) is 0 Å². The van der Waals surface area contributed by atoms with Crippen LogP contribution in [0.1, 0.15) is 17.5 Å². The molecule has 0 fully saturated rings. The second-order valence-corrected chi connectivity index (χ2v) is 8.91. The van der Waals surface area contributed by atoms with Crippen LogP contribution in [0.5, 0.6) is 0 Å². The highest BCUT2D eigenvalue weighted by Crippen LogP contribution is 2.20. The fourth-order valence-corrected chi connectivity index (χ4v) is 4.62. The van der Waals surface area contributed by atoms with E-state index < -0.39 is 10.8 Å². The number of hydrogen-bond donors (Lipinski definition) is 1. The zero-order valence-electron chi connectivity index (χ0n) is 15.7. The molecule has 0 bridgehead atoms. The molecule has 1 N–H and O–H groups in total. The maximum absolute atomic E-state index is 12.5. The van der Waals surface area contributed by atoms with Crippen LogP contribution in [-0.4, -0.2) is 15.9 Å². The molecule has 0 aliphatic carbocycles. The van der Waals surface area contributed by atoms with Crippen molar-refractivity contribution in [2.75, 3.05) is 11.1 Å². The zero-order valence-corrected chi connectivity index (χ0v) is 17.3. The predicted octanol–water partition coefficient (Wildman–Crippen LogP) is 4.99. The number of nitrogens with one attached hydrogen (secondary N) is 1. The highest BCUT2D eigenvalue weighted by Gasteiger charge is 2.07. The molecule has 29 heavy (non-hydrogen) atoms. The first-order chi connectivity index (χ1) is 14.1. The van der Waals surface area contributed by atoms with Crippen LogP contribution in [0.3, 0.4) is 0 Å². The summed E-state index contributed by atoms with van der Waals surface area (Å²) in [7, 11) is -1.12. The van der Waals surface area contributed by atoms with Crippen LogP contribution in [0.4, 0.5) is 5.69 Å². The molecule has 3 rings (SSSR count). The summed E-state index contributed by atoms with van der Waals surface area (Å²) in [5, 5.41) is 11.7. The van der Waals surface area contributed by atoms with Crippen LogP contribution in [0.2, 0.25) is 0 Å². The third kappa shape index (κ3) is 6.60. The van der Waals surface area contributed by atoms with Gasteiger partial charge in [0.15, 0.2) is 0 Å². The zero-order chi connectivity index (χ0) is 20.5. The van der Waals surface area contributed by atoms with Crippen molar-refractivity contribution >= 4 is 34.2 Å². The van der Waals surface area contributed by atoms with E-state index in [2.05, 4.69) is 11.4 Å². The number of hydrogen-bond acceptors (Lipinski definition) is 4. The van der Waals surface area contributed by atoms with Crippen molar-refractivity contribution < 1.29 is 9.00 Å². The quantitative estimate of drug-likeness (QED) is 0.521. The standard InChI is InChI=1S/C23H20N2O2S2/c24-16-18-9-11-21(12-10-18)28-14-13-23(26)25-20-6-4-5-19(15-20)17-29(27)22-7-2-1-3-8-22/h1-12,15H,13-14,17H2,(H,25,26). The molecule has 3 aromatic carbocycles. The minimum absolute atomic E-state index is 0.0625. The van der Waals surface area contributed by atoms with Crippen LogP contribution in [0.15, 0.2) is 88.7 Å². The topological polar surface area (TPSA) is 70.0 Å². The summed E-state index contributed by atoms with van der Waals surface area (Å²) in [5.74, 6) is 0.991. The third-order valence-electron chi connectivity index (χ3n) is 4.10. The number of benzene rings is 3. The Kier molecular flexibility index (Phi) is 7.62.